The highest BCUT2D eigenvalue weighted by Crippen LogP contribution is 2.04. The number of rotatable bonds is 2. The molecule has 3 nitrogen and oxygen atoms in total. The lowest BCUT2D eigenvalue weighted by Crippen LogP contribution is -2.17. The molecule has 0 heterocycles. The summed E-state index contributed by atoms with van der Waals surface area (Å²) in [6, 6.07) is 6.56. The van der Waals surface area contributed by atoms with Gasteiger partial charge in [-0.15, -0.1) is 0 Å². The minimum absolute atomic E-state index is 0.00320. The number of hydrogen-bond donors (Lipinski definition) is 1. The molecule has 1 aromatic carbocycles. The second-order valence-electron chi connectivity index (χ2n) is 2.71. The number of benzene rings is 1. The van der Waals surface area contributed by atoms with Gasteiger partial charge in [0.1, 0.15) is 0 Å². The van der Waals surface area contributed by atoms with E-state index in [-0.39, 0.29) is 11.7 Å². The highest BCUT2D eigenvalue weighted by atomic mass is 16.1. The van der Waals surface area contributed by atoms with Crippen LogP contribution in [-0.4, -0.2) is 18.7 Å². The maximum Gasteiger partial charge on any atom is 0.251 e. The number of Topliss-reactive ketones (excluding diaryl/α,β-unsaturated/α-hetero) is 1. The van der Waals surface area contributed by atoms with Crippen molar-refractivity contribution in [2.24, 2.45) is 0 Å². The van der Waals surface area contributed by atoms with Crippen LogP contribution in [0.15, 0.2) is 24.3 Å². The molecule has 0 saturated carbocycles. The van der Waals surface area contributed by atoms with Crippen LogP contribution in [0.25, 0.3) is 0 Å². The first-order valence-electron chi connectivity index (χ1n) is 3.98. The average Bonchev–Trinajstić information content (AvgIpc) is 2.17. The van der Waals surface area contributed by atoms with Crippen molar-refractivity contribution in [2.75, 3.05) is 7.05 Å². The second-order valence-corrected chi connectivity index (χ2v) is 2.71. The van der Waals surface area contributed by atoms with Crippen LogP contribution in [-0.2, 0) is 0 Å². The van der Waals surface area contributed by atoms with Crippen molar-refractivity contribution in [1.29, 1.82) is 0 Å². The third-order valence-electron chi connectivity index (χ3n) is 1.78. The molecule has 0 aliphatic heterocycles. The highest BCUT2D eigenvalue weighted by Gasteiger charge is 2.03. The Morgan fingerprint density at radius 1 is 1.08 bits per heavy atom. The average molecular weight is 177 g/mol. The second kappa shape index (κ2) is 3.85. The molecule has 0 aromatic heterocycles. The lowest BCUT2D eigenvalue weighted by atomic mass is 10.1. The normalized spacial score (nSPS) is 9.38. The fourth-order valence-corrected chi connectivity index (χ4v) is 1.00. The van der Waals surface area contributed by atoms with Crippen molar-refractivity contribution in [3.8, 4) is 0 Å². The minimum Gasteiger partial charge on any atom is -0.355 e. The van der Waals surface area contributed by atoms with Crippen LogP contribution in [0.3, 0.4) is 0 Å². The van der Waals surface area contributed by atoms with Gasteiger partial charge in [0.25, 0.3) is 5.91 Å². The molecule has 68 valence electrons. The van der Waals surface area contributed by atoms with Gasteiger partial charge in [-0.3, -0.25) is 9.59 Å². The van der Waals surface area contributed by atoms with Gasteiger partial charge in [-0.1, -0.05) is 12.1 Å². The molecule has 13 heavy (non-hydrogen) atoms. The molecule has 0 atom stereocenters. The third-order valence-corrected chi connectivity index (χ3v) is 1.78. The Balaban J connectivity index is 2.93. The number of carbonyl (C=O) groups is 2. The molecule has 0 bridgehead atoms. The Kier molecular flexibility index (Phi) is 2.80. The molecule has 3 heteroatoms. The zero-order chi connectivity index (χ0) is 9.84. The van der Waals surface area contributed by atoms with Crippen molar-refractivity contribution in [3.63, 3.8) is 0 Å². The Morgan fingerprint density at radius 3 is 1.92 bits per heavy atom. The molecule has 0 radical (unpaired) electrons. The summed E-state index contributed by atoms with van der Waals surface area (Å²) in [7, 11) is 1.57. The summed E-state index contributed by atoms with van der Waals surface area (Å²) in [6.07, 6.45) is 0. The van der Waals surface area contributed by atoms with Crippen molar-refractivity contribution >= 4 is 11.7 Å². The maximum absolute atomic E-state index is 11.1. The molecule has 0 saturated heterocycles. The van der Waals surface area contributed by atoms with Crippen LogP contribution in [0.5, 0.6) is 0 Å². The van der Waals surface area contributed by atoms with E-state index >= 15 is 0 Å². The maximum atomic E-state index is 11.1. The molecule has 1 aromatic rings. The first-order valence-corrected chi connectivity index (χ1v) is 3.98. The minimum atomic E-state index is -0.143. The van der Waals surface area contributed by atoms with E-state index in [1.54, 1.807) is 31.3 Å². The van der Waals surface area contributed by atoms with Crippen LogP contribution in [0.1, 0.15) is 27.6 Å². The molecule has 0 aliphatic rings. The third kappa shape index (κ3) is 2.15. The summed E-state index contributed by atoms with van der Waals surface area (Å²) in [6.45, 7) is 1.49. The topological polar surface area (TPSA) is 46.2 Å². The molecule has 0 spiro atoms. The van der Waals surface area contributed by atoms with Gasteiger partial charge in [0.05, 0.1) is 0 Å². The fourth-order valence-electron chi connectivity index (χ4n) is 1.00. The van der Waals surface area contributed by atoms with Crippen LogP contribution >= 0.6 is 0 Å². The fraction of sp³-hybridized carbons (Fsp3) is 0.200. The zero-order valence-electron chi connectivity index (χ0n) is 7.63. The molecule has 0 fully saturated rings. The lowest BCUT2D eigenvalue weighted by molar-refractivity contribution is 0.0960. The molecule has 1 N–H and O–H groups in total. The standard InChI is InChI=1S/C10H11NO2/c1-7(12)8-3-5-9(6-4-8)10(13)11-2/h3-6H,1-2H3,(H,11,13). The number of amides is 1. The van der Waals surface area contributed by atoms with Crippen LogP contribution < -0.4 is 5.32 Å². The number of carbonyl (C=O) groups excluding carboxylic acids is 2. The largest absolute Gasteiger partial charge is 0.355 e. The predicted molar refractivity (Wildman–Crippen MR) is 49.8 cm³/mol. The van der Waals surface area contributed by atoms with E-state index in [1.165, 1.54) is 6.92 Å². The summed E-state index contributed by atoms with van der Waals surface area (Å²) < 4.78 is 0. The van der Waals surface area contributed by atoms with Crippen molar-refractivity contribution < 1.29 is 9.59 Å². The molecular formula is C10H11NO2. The van der Waals surface area contributed by atoms with E-state index in [0.29, 0.717) is 11.1 Å². The summed E-state index contributed by atoms with van der Waals surface area (Å²) in [5.74, 6) is -0.140. The number of nitrogens with one attached hydrogen (secondary N) is 1. The van der Waals surface area contributed by atoms with E-state index in [1.807, 2.05) is 0 Å². The smallest absolute Gasteiger partial charge is 0.251 e. The van der Waals surface area contributed by atoms with Gasteiger partial charge >= 0.3 is 0 Å². The Labute approximate surface area is 76.8 Å². The van der Waals surface area contributed by atoms with E-state index in [9.17, 15) is 9.59 Å². The van der Waals surface area contributed by atoms with Gasteiger partial charge in [0.2, 0.25) is 0 Å². The zero-order valence-corrected chi connectivity index (χ0v) is 7.63. The van der Waals surface area contributed by atoms with Crippen molar-refractivity contribution in [1.82, 2.24) is 5.32 Å². The quantitative estimate of drug-likeness (QED) is 0.691. The molecular weight excluding hydrogens is 166 g/mol. The monoisotopic (exact) mass is 177 g/mol. The van der Waals surface area contributed by atoms with E-state index < -0.39 is 0 Å². The SMILES string of the molecule is CNC(=O)c1ccc(C(C)=O)cc1. The number of ketones is 1. The highest BCUT2D eigenvalue weighted by molar-refractivity contribution is 5.97. The van der Waals surface area contributed by atoms with Gasteiger partial charge in [-0.25, -0.2) is 0 Å². The van der Waals surface area contributed by atoms with Gasteiger partial charge < -0.3 is 5.32 Å². The Hall–Kier alpha value is -1.64. The van der Waals surface area contributed by atoms with Crippen molar-refractivity contribution in [3.05, 3.63) is 35.4 Å². The molecule has 0 aliphatic carbocycles. The summed E-state index contributed by atoms with van der Waals surface area (Å²) in [5.41, 5.74) is 1.18. The molecule has 1 amide bonds. The van der Waals surface area contributed by atoms with E-state index in [2.05, 4.69) is 5.32 Å². The lowest BCUT2D eigenvalue weighted by Gasteiger charge is -1.99. The van der Waals surface area contributed by atoms with E-state index in [4.69, 9.17) is 0 Å². The first-order chi connectivity index (χ1) is 6.15. The van der Waals surface area contributed by atoms with Crippen molar-refractivity contribution in [2.45, 2.75) is 6.92 Å². The molecule has 0 unspecified atom stereocenters. The summed E-state index contributed by atoms with van der Waals surface area (Å²) in [4.78, 5) is 22.0. The molecule has 1 rings (SSSR count). The Morgan fingerprint density at radius 2 is 1.54 bits per heavy atom. The van der Waals surface area contributed by atoms with Gasteiger partial charge in [-0.05, 0) is 19.1 Å². The van der Waals surface area contributed by atoms with Crippen LogP contribution in [0.2, 0.25) is 0 Å². The van der Waals surface area contributed by atoms with Crippen LogP contribution in [0, 0.1) is 0 Å². The first kappa shape index (κ1) is 9.45. The van der Waals surface area contributed by atoms with Crippen LogP contribution in [0.4, 0.5) is 0 Å². The number of hydrogen-bond acceptors (Lipinski definition) is 2. The summed E-state index contributed by atoms with van der Waals surface area (Å²) >= 11 is 0. The van der Waals surface area contributed by atoms with Gasteiger partial charge in [0.15, 0.2) is 5.78 Å². The Bertz CT molecular complexity index is 327. The predicted octanol–water partition coefficient (Wildman–Crippen LogP) is 1.25. The van der Waals surface area contributed by atoms with Gasteiger partial charge in [0, 0.05) is 18.2 Å². The van der Waals surface area contributed by atoms with E-state index in [0.717, 1.165) is 0 Å². The van der Waals surface area contributed by atoms with Gasteiger partial charge in [-0.2, -0.15) is 0 Å². The summed E-state index contributed by atoms with van der Waals surface area (Å²) in [5, 5.41) is 2.51.